The Kier molecular flexibility index (Phi) is 4.27. The Morgan fingerprint density at radius 2 is 2.47 bits per heavy atom. The van der Waals surface area contributed by atoms with Crippen molar-refractivity contribution >= 4 is 43.2 Å². The van der Waals surface area contributed by atoms with E-state index < -0.39 is 0 Å². The Balaban J connectivity index is 2.00. The van der Waals surface area contributed by atoms with Crippen LogP contribution in [0.4, 0.5) is 0 Å². The lowest BCUT2D eigenvalue weighted by molar-refractivity contribution is 0.104. The molecule has 0 aliphatic carbocycles. The minimum absolute atomic E-state index is 0.425. The molecule has 1 saturated heterocycles. The molecule has 2 rings (SSSR count). The number of rotatable bonds is 3. The molecule has 1 nitrogen and oxygen atoms in total. The highest BCUT2D eigenvalue weighted by molar-refractivity contribution is 9.11. The van der Waals surface area contributed by atoms with Gasteiger partial charge < -0.3 is 4.74 Å². The molecule has 84 valence electrons. The monoisotopic (exact) mass is 352 g/mol. The lowest BCUT2D eigenvalue weighted by Crippen LogP contribution is -2.07. The first-order valence-corrected chi connectivity index (χ1v) is 7.71. The van der Waals surface area contributed by atoms with Gasteiger partial charge in [0.25, 0.3) is 0 Å². The molecule has 0 saturated carbocycles. The number of hydrogen-bond donors (Lipinski definition) is 0. The van der Waals surface area contributed by atoms with Crippen LogP contribution in [-0.2, 0) is 4.74 Å². The van der Waals surface area contributed by atoms with E-state index in [4.69, 9.17) is 4.74 Å². The zero-order chi connectivity index (χ0) is 10.8. The van der Waals surface area contributed by atoms with E-state index in [0.717, 1.165) is 13.0 Å². The van der Waals surface area contributed by atoms with Crippen LogP contribution in [0, 0.1) is 6.92 Å². The van der Waals surface area contributed by atoms with Crippen LogP contribution in [0.15, 0.2) is 10.5 Å². The molecular weight excluding hydrogens is 340 g/mol. The van der Waals surface area contributed by atoms with Crippen molar-refractivity contribution in [3.63, 3.8) is 0 Å². The van der Waals surface area contributed by atoms with Crippen LogP contribution < -0.4 is 0 Å². The molecule has 1 aliphatic rings. The summed E-state index contributed by atoms with van der Waals surface area (Å²) in [5.41, 5.74) is 0. The van der Waals surface area contributed by atoms with Crippen molar-refractivity contribution in [3.05, 3.63) is 20.3 Å². The van der Waals surface area contributed by atoms with E-state index in [2.05, 4.69) is 44.8 Å². The second kappa shape index (κ2) is 5.30. The van der Waals surface area contributed by atoms with E-state index >= 15 is 0 Å². The second-order valence-electron chi connectivity index (χ2n) is 3.91. The lowest BCUT2D eigenvalue weighted by Gasteiger charge is -2.13. The van der Waals surface area contributed by atoms with Gasteiger partial charge in [0.1, 0.15) is 0 Å². The van der Waals surface area contributed by atoms with Crippen LogP contribution in [-0.4, -0.2) is 12.7 Å². The summed E-state index contributed by atoms with van der Waals surface area (Å²) in [4.78, 5) is 3.17. The van der Waals surface area contributed by atoms with Crippen LogP contribution in [0.1, 0.15) is 33.8 Å². The van der Waals surface area contributed by atoms with E-state index in [9.17, 15) is 0 Å². The number of alkyl halides is 1. The highest BCUT2D eigenvalue weighted by atomic mass is 79.9. The van der Waals surface area contributed by atoms with Crippen molar-refractivity contribution in [3.8, 4) is 0 Å². The van der Waals surface area contributed by atoms with Gasteiger partial charge in [0.2, 0.25) is 0 Å². The molecule has 15 heavy (non-hydrogen) atoms. The largest absolute Gasteiger partial charge is 0.378 e. The first-order valence-electron chi connectivity index (χ1n) is 5.18. The van der Waals surface area contributed by atoms with Crippen molar-refractivity contribution in [2.45, 2.75) is 37.1 Å². The topological polar surface area (TPSA) is 9.23 Å². The summed E-state index contributed by atoms with van der Waals surface area (Å²) in [5, 5.41) is 0. The predicted molar refractivity (Wildman–Crippen MR) is 72.0 cm³/mol. The third-order valence-electron chi connectivity index (χ3n) is 2.61. The van der Waals surface area contributed by atoms with Gasteiger partial charge >= 0.3 is 0 Å². The van der Waals surface area contributed by atoms with Gasteiger partial charge in [-0.2, -0.15) is 0 Å². The smallest absolute Gasteiger partial charge is 0.0590 e. The minimum atomic E-state index is 0.425. The zero-order valence-corrected chi connectivity index (χ0v) is 12.6. The Morgan fingerprint density at radius 3 is 3.00 bits per heavy atom. The molecule has 2 atom stereocenters. The Labute approximate surface area is 111 Å². The molecule has 1 aromatic rings. The van der Waals surface area contributed by atoms with Gasteiger partial charge in [-0.1, -0.05) is 15.9 Å². The zero-order valence-electron chi connectivity index (χ0n) is 8.63. The summed E-state index contributed by atoms with van der Waals surface area (Å²) in [6.07, 6.45) is 3.96. The molecule has 0 N–H and O–H groups in total. The van der Waals surface area contributed by atoms with Crippen LogP contribution in [0.2, 0.25) is 0 Å². The van der Waals surface area contributed by atoms with E-state index in [1.54, 1.807) is 0 Å². The SMILES string of the molecule is Cc1cc(Br)c(C(Br)CC2CCCO2)s1. The fourth-order valence-electron chi connectivity index (χ4n) is 1.88. The van der Waals surface area contributed by atoms with Gasteiger partial charge in [-0.05, 0) is 48.2 Å². The van der Waals surface area contributed by atoms with E-state index in [0.29, 0.717) is 10.9 Å². The van der Waals surface area contributed by atoms with Crippen molar-refractivity contribution in [1.29, 1.82) is 0 Å². The fraction of sp³-hybridized carbons (Fsp3) is 0.636. The van der Waals surface area contributed by atoms with Gasteiger partial charge in [-0.15, -0.1) is 11.3 Å². The molecule has 2 heterocycles. The van der Waals surface area contributed by atoms with Gasteiger partial charge in [-0.3, -0.25) is 0 Å². The maximum absolute atomic E-state index is 5.65. The van der Waals surface area contributed by atoms with Crippen LogP contribution in [0.5, 0.6) is 0 Å². The highest BCUT2D eigenvalue weighted by Crippen LogP contribution is 2.40. The first kappa shape index (κ1) is 12.1. The third-order valence-corrected chi connectivity index (χ3v) is 5.83. The Morgan fingerprint density at radius 1 is 1.67 bits per heavy atom. The van der Waals surface area contributed by atoms with Gasteiger partial charge in [0.05, 0.1) is 10.9 Å². The minimum Gasteiger partial charge on any atom is -0.378 e. The number of aryl methyl sites for hydroxylation is 1. The van der Waals surface area contributed by atoms with Gasteiger partial charge in [0, 0.05) is 20.8 Å². The molecule has 1 aliphatic heterocycles. The van der Waals surface area contributed by atoms with E-state index in [-0.39, 0.29) is 0 Å². The van der Waals surface area contributed by atoms with Crippen molar-refractivity contribution < 1.29 is 4.74 Å². The second-order valence-corrected chi connectivity index (χ2v) is 7.16. The maximum Gasteiger partial charge on any atom is 0.0590 e. The number of thiophene rings is 1. The van der Waals surface area contributed by atoms with E-state index in [1.165, 1.54) is 27.1 Å². The molecule has 2 unspecified atom stereocenters. The Bertz CT molecular complexity index is 331. The maximum atomic E-state index is 5.65. The average Bonchev–Trinajstić information content (AvgIpc) is 2.75. The van der Waals surface area contributed by atoms with Crippen molar-refractivity contribution in [1.82, 2.24) is 0 Å². The molecule has 0 aromatic carbocycles. The van der Waals surface area contributed by atoms with Crippen LogP contribution in [0.3, 0.4) is 0 Å². The molecule has 0 radical (unpaired) electrons. The van der Waals surface area contributed by atoms with Gasteiger partial charge in [-0.25, -0.2) is 0 Å². The molecule has 0 spiro atoms. The third kappa shape index (κ3) is 3.05. The lowest BCUT2D eigenvalue weighted by atomic mass is 10.1. The number of halogens is 2. The summed E-state index contributed by atoms with van der Waals surface area (Å²) in [7, 11) is 0. The molecule has 1 fully saturated rings. The standard InChI is InChI=1S/C11H14Br2OS/c1-7-5-9(12)11(15-7)10(13)6-8-3-2-4-14-8/h5,8,10H,2-4,6H2,1H3. The number of hydrogen-bond acceptors (Lipinski definition) is 2. The Hall–Kier alpha value is 0.620. The average molecular weight is 354 g/mol. The van der Waals surface area contributed by atoms with Crippen molar-refractivity contribution in [2.24, 2.45) is 0 Å². The van der Waals surface area contributed by atoms with Crippen molar-refractivity contribution in [2.75, 3.05) is 6.61 Å². The summed E-state index contributed by atoms with van der Waals surface area (Å²) in [5.74, 6) is 0. The van der Waals surface area contributed by atoms with Crippen LogP contribution in [0.25, 0.3) is 0 Å². The molecular formula is C11H14Br2OS. The van der Waals surface area contributed by atoms with Gasteiger partial charge in [0.15, 0.2) is 0 Å². The van der Waals surface area contributed by atoms with E-state index in [1.807, 2.05) is 11.3 Å². The molecule has 4 heteroatoms. The molecule has 1 aromatic heterocycles. The quantitative estimate of drug-likeness (QED) is 0.707. The van der Waals surface area contributed by atoms with Crippen LogP contribution >= 0.6 is 43.2 Å². The summed E-state index contributed by atoms with van der Waals surface area (Å²) in [6, 6.07) is 2.18. The fourth-order valence-corrected chi connectivity index (χ4v) is 5.05. The number of ether oxygens (including phenoxy) is 1. The summed E-state index contributed by atoms with van der Waals surface area (Å²) < 4.78 is 6.88. The normalized spacial score (nSPS) is 23.3. The molecule has 0 amide bonds. The summed E-state index contributed by atoms with van der Waals surface area (Å²) >= 11 is 9.22. The highest BCUT2D eigenvalue weighted by Gasteiger charge is 2.22. The molecule has 0 bridgehead atoms. The first-order chi connectivity index (χ1) is 7.16. The summed E-state index contributed by atoms with van der Waals surface area (Å²) in [6.45, 7) is 3.08. The predicted octanol–water partition coefficient (Wildman–Crippen LogP) is 4.82.